The SMILES string of the molecule is C=C1COC2C(C)OC(O)CC12.C=C1COC2C(C)OC(OC(=N)C(Cl)(Cl)Cl)CC12.C=C1COC2C(C)OC(OCCCCC3C(C)C(O)CC3[C@@]3(C=O)CC4C=C(C(C)C)[C@@]3(C)C4)CC12.CC.CC(C)C1=CC2C[C@@]1(C)[C@@](C=O)(C1CC(O[Si](C)(C)C(C)(C)C)C(C)C1CCCCO)C2. The van der Waals surface area contributed by atoms with Crippen LogP contribution in [-0.2, 0) is 51.9 Å². The molecule has 4 saturated carbocycles. The van der Waals surface area contributed by atoms with Crippen LogP contribution < -0.4 is 0 Å². The lowest BCUT2D eigenvalue weighted by atomic mass is 9.53. The highest BCUT2D eigenvalue weighted by Crippen LogP contribution is 2.72. The van der Waals surface area contributed by atoms with E-state index in [1.54, 1.807) is 0 Å². The van der Waals surface area contributed by atoms with Crippen LogP contribution in [0.2, 0.25) is 18.1 Å². The maximum absolute atomic E-state index is 13.1. The average Bonchev–Trinajstić information content (AvgIpc) is 1.53. The topological polar surface area (TPSA) is 202 Å². The first-order valence-electron chi connectivity index (χ1n) is 38.6. The van der Waals surface area contributed by atoms with Gasteiger partial charge in [0.15, 0.2) is 20.9 Å². The lowest BCUT2D eigenvalue weighted by molar-refractivity contribution is -0.226. The van der Waals surface area contributed by atoms with Crippen molar-refractivity contribution in [2.24, 2.45) is 98.6 Å². The summed E-state index contributed by atoms with van der Waals surface area (Å²) in [5, 5.41) is 37.4. The first kappa shape index (κ1) is 83.8. The Hall–Kier alpha value is -1.84. The number of hydrogen-bond donors (Lipinski definition) is 4. The fraction of sp³-hybridized carbons (Fsp3) is 0.840. The van der Waals surface area contributed by atoms with Gasteiger partial charge in [0.05, 0.1) is 62.5 Å². The Morgan fingerprint density at radius 3 is 1.52 bits per heavy atom. The number of ether oxygens (including phenoxy) is 8. The molecule has 12 aliphatic rings. The smallest absolute Gasteiger partial charge is 0.265 e. The standard InChI is InChI=1S/C31H48O5.C28H50O3Si.C11H14Cl3NO3.C9H14O3.C2H6/c1-18(2)25-11-22-14-30(25,6)31(15-22,17-32)26-13-27(33)20(4)23(26)9-7-8-10-34-28-12-24-19(3)16-35-29(24)21(5)36-28;1-19(2)23-14-21-16-27(23,7)28(17-21,18-30)24-15-25(31-32(8,9)26(4,5)6)20(3)22(24)12-10-11-13-29;1-5-4-16-9-6(2)17-8(3-7(5)9)18-10(15)11(12,13)14;1-5-4-11-9-6(2)12-8(10)3-7(5)9;1-2/h11,17-18,20-24,26-29,33H,3,7-10,12-16H2,1-2,4-6H3;14,18-22,24-25,29H,10-13,15-17H2,1-9H3;6-9,15H,1,3-4H2,2H3;6-10H,1,3-4H2,2H3;1-2H3/t20?,21?,22?,23?,24?,26?,27?,28?,29?,30-,31+;20?,21?,22?,24?,25?,27-,28+;;;/m11.../s1. The molecule has 100 heavy (non-hydrogen) atoms. The zero-order valence-corrected chi connectivity index (χ0v) is 67.7. The van der Waals surface area contributed by atoms with Gasteiger partial charge in [0.25, 0.3) is 3.79 Å². The second kappa shape index (κ2) is 33.7. The molecule has 12 rings (SSSR count). The number of aldehydes is 2. The maximum Gasteiger partial charge on any atom is 0.265 e. The van der Waals surface area contributed by atoms with Crippen LogP contribution in [0.15, 0.2) is 59.8 Å². The third-order valence-corrected chi connectivity index (χ3v) is 32.2. The van der Waals surface area contributed by atoms with E-state index in [2.05, 4.69) is 128 Å². The van der Waals surface area contributed by atoms with Crippen molar-refractivity contribution in [3.63, 3.8) is 0 Å². The van der Waals surface area contributed by atoms with Gasteiger partial charge in [-0.3, -0.25) is 5.41 Å². The zero-order chi connectivity index (χ0) is 74.2. The Morgan fingerprint density at radius 2 is 1.08 bits per heavy atom. The number of nitrogens with one attached hydrogen (secondary N) is 1. The summed E-state index contributed by atoms with van der Waals surface area (Å²) in [5.41, 5.74) is 5.59. The fourth-order valence-corrected chi connectivity index (χ4v) is 22.6. The minimum Gasteiger partial charge on any atom is -0.448 e. The monoisotopic (exact) mass is 1480 g/mol. The number of halogens is 3. The Morgan fingerprint density at radius 1 is 0.650 bits per heavy atom. The molecular formula is C81H132Cl3NO14Si. The highest BCUT2D eigenvalue weighted by Gasteiger charge is 2.68. The third kappa shape index (κ3) is 17.0. The molecule has 4 bridgehead atoms. The molecule has 10 fully saturated rings. The number of carbonyl (C=O) groups excluding carboxylic acids is 2. The van der Waals surface area contributed by atoms with Crippen molar-refractivity contribution >= 4 is 61.6 Å². The Bertz CT molecular complexity index is 2890. The molecule has 22 unspecified atom stereocenters. The van der Waals surface area contributed by atoms with Crippen LogP contribution in [0.4, 0.5) is 0 Å². The van der Waals surface area contributed by atoms with Gasteiger partial charge < -0.3 is 67.2 Å². The normalized spacial score (nSPS) is 42.3. The molecule has 6 saturated heterocycles. The van der Waals surface area contributed by atoms with Gasteiger partial charge in [-0.15, -0.1) is 0 Å². The number of allylic oxidation sites excluding steroid dienone is 4. The van der Waals surface area contributed by atoms with Crippen LogP contribution in [0.25, 0.3) is 0 Å². The van der Waals surface area contributed by atoms with E-state index < -0.39 is 30.6 Å². The molecule has 0 aromatic heterocycles. The number of aliphatic hydroxyl groups is 3. The number of fused-ring (bicyclic) bond motifs is 7. The van der Waals surface area contributed by atoms with Crippen molar-refractivity contribution in [3.8, 4) is 0 Å². The minimum atomic E-state index is -1.89. The Kier molecular flexibility index (Phi) is 28.3. The lowest BCUT2D eigenvalue weighted by Crippen LogP contribution is -2.47. The molecule has 0 amide bonds. The Labute approximate surface area is 618 Å². The molecule has 4 N–H and O–H groups in total. The predicted molar refractivity (Wildman–Crippen MR) is 401 cm³/mol. The molecule has 15 nitrogen and oxygen atoms in total. The van der Waals surface area contributed by atoms with Gasteiger partial charge in [-0.1, -0.05) is 181 Å². The van der Waals surface area contributed by atoms with E-state index in [9.17, 15) is 24.9 Å². The van der Waals surface area contributed by atoms with E-state index in [0.717, 1.165) is 100 Å². The quantitative estimate of drug-likeness (QED) is 0.0181. The average molecular weight is 1480 g/mol. The zero-order valence-electron chi connectivity index (χ0n) is 64.4. The summed E-state index contributed by atoms with van der Waals surface area (Å²) < 4.78 is 50.4. The summed E-state index contributed by atoms with van der Waals surface area (Å²) in [5.74, 6) is 4.58. The van der Waals surface area contributed by atoms with Crippen LogP contribution in [0.3, 0.4) is 0 Å². The minimum absolute atomic E-state index is 0.000652. The summed E-state index contributed by atoms with van der Waals surface area (Å²) in [7, 11) is -1.89. The lowest BCUT2D eigenvalue weighted by Gasteiger charge is -2.49. The second-order valence-electron chi connectivity index (χ2n) is 34.8. The molecular weight excluding hydrogens is 1350 g/mol. The van der Waals surface area contributed by atoms with Crippen LogP contribution in [-0.4, -0.2) is 147 Å². The van der Waals surface area contributed by atoms with E-state index in [1.807, 2.05) is 27.7 Å². The van der Waals surface area contributed by atoms with Gasteiger partial charge >= 0.3 is 0 Å². The van der Waals surface area contributed by atoms with Crippen molar-refractivity contribution in [1.82, 2.24) is 0 Å². The Balaban J connectivity index is 0.000000180. The number of aliphatic hydroxyl groups excluding tert-OH is 3. The maximum atomic E-state index is 13.1. The molecule has 0 aromatic carbocycles. The predicted octanol–water partition coefficient (Wildman–Crippen LogP) is 17.5. The molecule has 0 radical (unpaired) electrons. The van der Waals surface area contributed by atoms with Gasteiger partial charge in [-0.25, -0.2) is 0 Å². The third-order valence-electron chi connectivity index (χ3n) is 27.2. The summed E-state index contributed by atoms with van der Waals surface area (Å²) in [6.07, 6.45) is 20.4. The van der Waals surface area contributed by atoms with Crippen LogP contribution in [0.5, 0.6) is 0 Å². The number of hydrogen-bond acceptors (Lipinski definition) is 15. The van der Waals surface area contributed by atoms with Crippen LogP contribution in [0.1, 0.15) is 207 Å². The van der Waals surface area contributed by atoms with E-state index in [1.165, 1.54) is 23.7 Å². The molecule has 0 spiro atoms. The number of rotatable bonds is 19. The molecule has 6 aliphatic carbocycles. The summed E-state index contributed by atoms with van der Waals surface area (Å²) in [4.78, 5) is 26.1. The van der Waals surface area contributed by atoms with Gasteiger partial charge in [-0.05, 0) is 179 Å². The first-order chi connectivity index (χ1) is 46.8. The van der Waals surface area contributed by atoms with Gasteiger partial charge in [0, 0.05) is 78.0 Å². The van der Waals surface area contributed by atoms with Crippen molar-refractivity contribution in [2.45, 2.75) is 297 Å². The highest BCUT2D eigenvalue weighted by molar-refractivity contribution is 6.76. The van der Waals surface area contributed by atoms with Crippen LogP contribution >= 0.6 is 34.8 Å². The first-order valence-corrected chi connectivity index (χ1v) is 42.7. The molecule has 570 valence electrons. The molecule has 0 aromatic rings. The van der Waals surface area contributed by atoms with Gasteiger partial charge in [0.2, 0.25) is 12.2 Å². The second-order valence-corrected chi connectivity index (χ2v) is 41.8. The van der Waals surface area contributed by atoms with E-state index in [-0.39, 0.29) is 106 Å². The number of unbranched alkanes of at least 4 members (excludes halogenated alkanes) is 2. The van der Waals surface area contributed by atoms with Gasteiger partial charge in [0.1, 0.15) is 12.6 Å². The summed E-state index contributed by atoms with van der Waals surface area (Å²) >= 11 is 16.7. The number of alkyl halides is 3. The van der Waals surface area contributed by atoms with Crippen molar-refractivity contribution in [2.75, 3.05) is 33.0 Å². The molecule has 6 heterocycles. The largest absolute Gasteiger partial charge is 0.448 e. The van der Waals surface area contributed by atoms with Crippen molar-refractivity contribution < 1.29 is 67.2 Å². The van der Waals surface area contributed by atoms with Crippen LogP contribution in [0, 0.1) is 104 Å². The van der Waals surface area contributed by atoms with E-state index in [0.29, 0.717) is 98.4 Å². The van der Waals surface area contributed by atoms with Crippen molar-refractivity contribution in [3.05, 3.63) is 59.8 Å². The van der Waals surface area contributed by atoms with E-state index in [4.69, 9.17) is 82.5 Å². The fourth-order valence-electron chi connectivity index (χ4n) is 21.1. The highest BCUT2D eigenvalue weighted by atomic mass is 35.6. The van der Waals surface area contributed by atoms with Gasteiger partial charge in [-0.2, -0.15) is 0 Å². The molecule has 6 aliphatic heterocycles. The molecule has 19 heteroatoms. The number of carbonyl (C=O) groups is 2. The van der Waals surface area contributed by atoms with Crippen molar-refractivity contribution in [1.29, 1.82) is 5.41 Å². The summed E-state index contributed by atoms with van der Waals surface area (Å²) in [6, 6.07) is 0. The van der Waals surface area contributed by atoms with E-state index >= 15 is 0 Å². The molecule has 26 atom stereocenters. The summed E-state index contributed by atoms with van der Waals surface area (Å²) in [6.45, 7) is 54.8.